The Bertz CT molecular complexity index is 645. The number of ether oxygens (including phenoxy) is 1. The molecule has 2 aromatic rings. The van der Waals surface area contributed by atoms with Crippen molar-refractivity contribution in [2.24, 2.45) is 0 Å². The molecular formula is C18H17NO2. The topological polar surface area (TPSA) is 38.3 Å². The molecular weight excluding hydrogens is 262 g/mol. The first-order chi connectivity index (χ1) is 10.3. The van der Waals surface area contributed by atoms with Crippen LogP contribution in [0.5, 0.6) is 11.5 Å². The average Bonchev–Trinajstić information content (AvgIpc) is 2.49. The summed E-state index contributed by atoms with van der Waals surface area (Å²) in [7, 11) is 0. The Kier molecular flexibility index (Phi) is 5.35. The molecule has 0 atom stereocenters. The summed E-state index contributed by atoms with van der Waals surface area (Å²) in [5.74, 6) is 1.26. The molecule has 0 aliphatic rings. The van der Waals surface area contributed by atoms with Gasteiger partial charge in [-0.3, -0.25) is 4.79 Å². The summed E-state index contributed by atoms with van der Waals surface area (Å²) in [6.07, 6.45) is 6.83. The number of para-hydroxylation sites is 1. The summed E-state index contributed by atoms with van der Waals surface area (Å²) in [6, 6.07) is 16.8. The van der Waals surface area contributed by atoms with Crippen LogP contribution in [0.2, 0.25) is 0 Å². The number of carbonyl (C=O) groups is 1. The highest BCUT2D eigenvalue weighted by Gasteiger charge is 2.01. The molecule has 0 heterocycles. The molecule has 3 nitrogen and oxygen atoms in total. The molecule has 1 amide bonds. The van der Waals surface area contributed by atoms with Gasteiger partial charge < -0.3 is 10.1 Å². The normalized spacial score (nSPS) is 10.9. The highest BCUT2D eigenvalue weighted by atomic mass is 16.5. The number of anilines is 1. The summed E-state index contributed by atoms with van der Waals surface area (Å²) in [5, 5.41) is 2.79. The van der Waals surface area contributed by atoms with Crippen molar-refractivity contribution >= 4 is 11.6 Å². The molecule has 106 valence electrons. The minimum atomic E-state index is -0.176. The average molecular weight is 279 g/mol. The summed E-state index contributed by atoms with van der Waals surface area (Å²) in [6.45, 7) is 1.90. The molecule has 0 aliphatic heterocycles. The van der Waals surface area contributed by atoms with E-state index in [4.69, 9.17) is 4.74 Å². The summed E-state index contributed by atoms with van der Waals surface area (Å²) in [5.41, 5.74) is 0.693. The van der Waals surface area contributed by atoms with Gasteiger partial charge in [0.15, 0.2) is 0 Å². The van der Waals surface area contributed by atoms with Gasteiger partial charge in [0.1, 0.15) is 11.5 Å². The second kappa shape index (κ2) is 7.70. The van der Waals surface area contributed by atoms with Crippen molar-refractivity contribution in [2.45, 2.75) is 6.92 Å². The predicted molar refractivity (Wildman–Crippen MR) is 85.5 cm³/mol. The van der Waals surface area contributed by atoms with Gasteiger partial charge in [0, 0.05) is 17.8 Å². The zero-order valence-electron chi connectivity index (χ0n) is 11.8. The van der Waals surface area contributed by atoms with Crippen LogP contribution >= 0.6 is 0 Å². The maximum atomic E-state index is 11.7. The van der Waals surface area contributed by atoms with Crippen LogP contribution in [0.3, 0.4) is 0 Å². The lowest BCUT2D eigenvalue weighted by Gasteiger charge is -2.07. The fraction of sp³-hybridized carbons (Fsp3) is 0.0556. The molecule has 1 N–H and O–H groups in total. The SMILES string of the molecule is C/C=C/C=C/C(=O)Nc1cccc(Oc2ccccc2)c1. The molecule has 3 heteroatoms. The standard InChI is InChI=1S/C18H17NO2/c1-2-3-5-13-18(20)19-15-9-8-12-17(14-15)21-16-10-6-4-7-11-16/h2-14H,1H3,(H,19,20)/b3-2+,13-5+. The third-order valence-corrected chi connectivity index (χ3v) is 2.63. The van der Waals surface area contributed by atoms with Gasteiger partial charge in [-0.25, -0.2) is 0 Å². The number of amides is 1. The van der Waals surface area contributed by atoms with E-state index in [1.165, 1.54) is 6.08 Å². The van der Waals surface area contributed by atoms with Crippen molar-refractivity contribution in [1.29, 1.82) is 0 Å². The quantitative estimate of drug-likeness (QED) is 0.644. The van der Waals surface area contributed by atoms with Gasteiger partial charge in [0.05, 0.1) is 0 Å². The Labute approximate surface area is 124 Å². The van der Waals surface area contributed by atoms with Crippen molar-refractivity contribution in [2.75, 3.05) is 5.32 Å². The molecule has 0 unspecified atom stereocenters. The smallest absolute Gasteiger partial charge is 0.248 e. The predicted octanol–water partition coefficient (Wildman–Crippen LogP) is 4.55. The highest BCUT2D eigenvalue weighted by Crippen LogP contribution is 2.23. The number of nitrogens with one attached hydrogen (secondary N) is 1. The Hall–Kier alpha value is -2.81. The maximum Gasteiger partial charge on any atom is 0.248 e. The molecule has 0 aromatic heterocycles. The van der Waals surface area contributed by atoms with Gasteiger partial charge in [-0.1, -0.05) is 42.5 Å². The number of benzene rings is 2. The van der Waals surface area contributed by atoms with Crippen molar-refractivity contribution in [3.8, 4) is 11.5 Å². The second-order valence-electron chi connectivity index (χ2n) is 4.32. The minimum Gasteiger partial charge on any atom is -0.457 e. The molecule has 0 bridgehead atoms. The summed E-state index contributed by atoms with van der Waals surface area (Å²) in [4.78, 5) is 11.7. The van der Waals surface area contributed by atoms with E-state index in [9.17, 15) is 4.79 Å². The maximum absolute atomic E-state index is 11.7. The van der Waals surface area contributed by atoms with E-state index in [1.54, 1.807) is 18.2 Å². The first-order valence-electron chi connectivity index (χ1n) is 6.71. The number of rotatable bonds is 5. The third-order valence-electron chi connectivity index (χ3n) is 2.63. The number of hydrogen-bond donors (Lipinski definition) is 1. The van der Waals surface area contributed by atoms with Crippen molar-refractivity contribution in [3.05, 3.63) is 78.9 Å². The van der Waals surface area contributed by atoms with Crippen molar-refractivity contribution in [1.82, 2.24) is 0 Å². The van der Waals surface area contributed by atoms with Crippen molar-refractivity contribution < 1.29 is 9.53 Å². The fourth-order valence-corrected chi connectivity index (χ4v) is 1.70. The molecule has 21 heavy (non-hydrogen) atoms. The van der Waals surface area contributed by atoms with Gasteiger partial charge >= 0.3 is 0 Å². The van der Waals surface area contributed by atoms with E-state index in [-0.39, 0.29) is 5.91 Å². The van der Waals surface area contributed by atoms with E-state index in [0.717, 1.165) is 5.75 Å². The lowest BCUT2D eigenvalue weighted by Crippen LogP contribution is -2.07. The number of carbonyl (C=O) groups excluding carboxylic acids is 1. The van der Waals surface area contributed by atoms with Crippen LogP contribution in [0, 0.1) is 0 Å². The van der Waals surface area contributed by atoms with Crippen LogP contribution in [0.25, 0.3) is 0 Å². The Morgan fingerprint density at radius 2 is 1.76 bits per heavy atom. The van der Waals surface area contributed by atoms with Gasteiger partial charge in [0.2, 0.25) is 5.91 Å². The largest absolute Gasteiger partial charge is 0.457 e. The van der Waals surface area contributed by atoms with Gasteiger partial charge in [-0.2, -0.15) is 0 Å². The Morgan fingerprint density at radius 1 is 1.00 bits per heavy atom. The molecule has 2 aromatic carbocycles. The van der Waals surface area contributed by atoms with Gasteiger partial charge in [-0.05, 0) is 31.2 Å². The Balaban J connectivity index is 2.02. The monoisotopic (exact) mass is 279 g/mol. The van der Waals surface area contributed by atoms with Crippen LogP contribution in [-0.4, -0.2) is 5.91 Å². The second-order valence-corrected chi connectivity index (χ2v) is 4.32. The van der Waals surface area contributed by atoms with E-state index >= 15 is 0 Å². The molecule has 2 rings (SSSR count). The molecule has 0 aliphatic carbocycles. The number of hydrogen-bond acceptors (Lipinski definition) is 2. The molecule has 0 fully saturated rings. The Morgan fingerprint density at radius 3 is 2.52 bits per heavy atom. The first-order valence-corrected chi connectivity index (χ1v) is 6.71. The van der Waals surface area contributed by atoms with E-state index < -0.39 is 0 Å². The molecule has 0 saturated heterocycles. The molecule has 0 saturated carbocycles. The zero-order valence-corrected chi connectivity index (χ0v) is 11.8. The zero-order chi connectivity index (χ0) is 14.9. The van der Waals surface area contributed by atoms with Gasteiger partial charge in [0.25, 0.3) is 0 Å². The molecule has 0 radical (unpaired) electrons. The summed E-state index contributed by atoms with van der Waals surface area (Å²) < 4.78 is 5.72. The fourth-order valence-electron chi connectivity index (χ4n) is 1.70. The lowest BCUT2D eigenvalue weighted by molar-refractivity contribution is -0.111. The highest BCUT2D eigenvalue weighted by molar-refractivity contribution is 5.99. The van der Waals surface area contributed by atoms with E-state index in [1.807, 2.05) is 61.5 Å². The van der Waals surface area contributed by atoms with Crippen LogP contribution in [-0.2, 0) is 4.79 Å². The van der Waals surface area contributed by atoms with Crippen LogP contribution < -0.4 is 10.1 Å². The number of allylic oxidation sites excluding steroid dienone is 3. The van der Waals surface area contributed by atoms with Gasteiger partial charge in [-0.15, -0.1) is 0 Å². The summed E-state index contributed by atoms with van der Waals surface area (Å²) >= 11 is 0. The van der Waals surface area contributed by atoms with Crippen LogP contribution in [0.4, 0.5) is 5.69 Å². The van der Waals surface area contributed by atoms with E-state index in [2.05, 4.69) is 5.32 Å². The lowest BCUT2D eigenvalue weighted by atomic mass is 10.3. The van der Waals surface area contributed by atoms with Crippen LogP contribution in [0.15, 0.2) is 78.9 Å². The minimum absolute atomic E-state index is 0.176. The van der Waals surface area contributed by atoms with Crippen LogP contribution in [0.1, 0.15) is 6.92 Å². The van der Waals surface area contributed by atoms with E-state index in [0.29, 0.717) is 11.4 Å². The van der Waals surface area contributed by atoms with Crippen molar-refractivity contribution in [3.63, 3.8) is 0 Å². The third kappa shape index (κ3) is 4.99. The first kappa shape index (κ1) is 14.6. The molecule has 0 spiro atoms.